The van der Waals surface area contributed by atoms with E-state index in [-0.39, 0.29) is 23.8 Å². The SMILES string of the molecule is CC[C@H](C(=O)NC(C)(C)C)N(Cc1ccc(Cl)cc1)C(=O)COc1ccc(C(C)(C)C)cc1. The molecule has 0 aliphatic rings. The zero-order chi connectivity index (χ0) is 24.8. The lowest BCUT2D eigenvalue weighted by Crippen LogP contribution is -2.54. The summed E-state index contributed by atoms with van der Waals surface area (Å²) in [6, 6.07) is 14.5. The van der Waals surface area contributed by atoms with E-state index in [4.69, 9.17) is 16.3 Å². The Bertz CT molecular complexity index is 926. The van der Waals surface area contributed by atoms with Crippen LogP contribution in [0, 0.1) is 0 Å². The van der Waals surface area contributed by atoms with Gasteiger partial charge in [0.15, 0.2) is 6.61 Å². The topological polar surface area (TPSA) is 58.6 Å². The number of nitrogens with one attached hydrogen (secondary N) is 1. The molecule has 0 aromatic heterocycles. The normalized spacial score (nSPS) is 12.7. The molecule has 1 atom stereocenters. The van der Waals surface area contributed by atoms with Crippen LogP contribution >= 0.6 is 11.6 Å². The molecule has 0 saturated carbocycles. The molecule has 2 amide bonds. The summed E-state index contributed by atoms with van der Waals surface area (Å²) in [5, 5.41) is 3.62. The molecule has 0 unspecified atom stereocenters. The molecule has 0 bridgehead atoms. The van der Waals surface area contributed by atoms with Crippen LogP contribution in [0.1, 0.15) is 66.0 Å². The molecule has 2 aromatic carbocycles. The second-order valence-corrected chi connectivity index (χ2v) is 10.8. The summed E-state index contributed by atoms with van der Waals surface area (Å²) in [5.41, 5.74) is 1.73. The van der Waals surface area contributed by atoms with Crippen LogP contribution in [0.25, 0.3) is 0 Å². The fourth-order valence-corrected chi connectivity index (χ4v) is 3.56. The molecule has 5 nitrogen and oxygen atoms in total. The average molecular weight is 473 g/mol. The molecule has 6 heteroatoms. The van der Waals surface area contributed by atoms with Crippen molar-refractivity contribution in [2.24, 2.45) is 0 Å². The van der Waals surface area contributed by atoms with Crippen molar-refractivity contribution >= 4 is 23.4 Å². The third-order valence-electron chi connectivity index (χ3n) is 5.23. The van der Waals surface area contributed by atoms with E-state index in [9.17, 15) is 9.59 Å². The maximum absolute atomic E-state index is 13.3. The van der Waals surface area contributed by atoms with Gasteiger partial charge in [-0.2, -0.15) is 0 Å². The van der Waals surface area contributed by atoms with E-state index < -0.39 is 11.6 Å². The van der Waals surface area contributed by atoms with Crippen molar-refractivity contribution in [3.05, 3.63) is 64.7 Å². The van der Waals surface area contributed by atoms with Gasteiger partial charge in [0.1, 0.15) is 11.8 Å². The van der Waals surface area contributed by atoms with Crippen molar-refractivity contribution in [3.63, 3.8) is 0 Å². The Balaban J connectivity index is 2.20. The van der Waals surface area contributed by atoms with Gasteiger partial charge in [0.25, 0.3) is 5.91 Å². The van der Waals surface area contributed by atoms with Gasteiger partial charge in [0.05, 0.1) is 0 Å². The summed E-state index contributed by atoms with van der Waals surface area (Å²) in [6.45, 7) is 14.3. The minimum Gasteiger partial charge on any atom is -0.484 e. The highest BCUT2D eigenvalue weighted by atomic mass is 35.5. The Kier molecular flexibility index (Phi) is 8.96. The number of amides is 2. The first-order valence-electron chi connectivity index (χ1n) is 11.4. The first-order chi connectivity index (χ1) is 15.3. The van der Waals surface area contributed by atoms with Crippen LogP contribution in [-0.2, 0) is 21.5 Å². The van der Waals surface area contributed by atoms with Gasteiger partial charge in [0, 0.05) is 17.1 Å². The van der Waals surface area contributed by atoms with E-state index in [1.807, 2.05) is 64.1 Å². The van der Waals surface area contributed by atoms with Gasteiger partial charge < -0.3 is 15.0 Å². The number of carbonyl (C=O) groups is 2. The van der Waals surface area contributed by atoms with E-state index in [1.54, 1.807) is 17.0 Å². The Labute approximate surface area is 203 Å². The van der Waals surface area contributed by atoms with Crippen molar-refractivity contribution in [3.8, 4) is 5.75 Å². The summed E-state index contributed by atoms with van der Waals surface area (Å²) in [5.74, 6) is 0.192. The highest BCUT2D eigenvalue weighted by molar-refractivity contribution is 6.30. The van der Waals surface area contributed by atoms with Crippen LogP contribution in [0.2, 0.25) is 5.02 Å². The van der Waals surface area contributed by atoms with Gasteiger partial charge in [-0.1, -0.05) is 63.6 Å². The molecule has 0 saturated heterocycles. The van der Waals surface area contributed by atoms with Gasteiger partial charge in [-0.3, -0.25) is 9.59 Å². The van der Waals surface area contributed by atoms with E-state index in [0.29, 0.717) is 23.7 Å². The highest BCUT2D eigenvalue weighted by Gasteiger charge is 2.31. The smallest absolute Gasteiger partial charge is 0.261 e. The number of ether oxygens (including phenoxy) is 1. The fraction of sp³-hybridized carbons (Fsp3) is 0.481. The van der Waals surface area contributed by atoms with Gasteiger partial charge in [-0.05, 0) is 68.0 Å². The van der Waals surface area contributed by atoms with Crippen LogP contribution < -0.4 is 10.1 Å². The van der Waals surface area contributed by atoms with E-state index in [1.165, 1.54) is 5.56 Å². The lowest BCUT2D eigenvalue weighted by Gasteiger charge is -2.33. The molecule has 180 valence electrons. The third kappa shape index (κ3) is 8.39. The van der Waals surface area contributed by atoms with Gasteiger partial charge in [-0.25, -0.2) is 0 Å². The molecule has 0 aliphatic carbocycles. The Morgan fingerprint density at radius 2 is 1.55 bits per heavy atom. The molecule has 33 heavy (non-hydrogen) atoms. The minimum absolute atomic E-state index is 0.0402. The van der Waals surface area contributed by atoms with Gasteiger partial charge in [-0.15, -0.1) is 0 Å². The number of carbonyl (C=O) groups excluding carboxylic acids is 2. The van der Waals surface area contributed by atoms with Crippen molar-refractivity contribution < 1.29 is 14.3 Å². The first kappa shape index (κ1) is 26.7. The largest absolute Gasteiger partial charge is 0.484 e. The predicted molar refractivity (Wildman–Crippen MR) is 135 cm³/mol. The number of benzene rings is 2. The second-order valence-electron chi connectivity index (χ2n) is 10.4. The first-order valence-corrected chi connectivity index (χ1v) is 11.8. The molecule has 0 aliphatic heterocycles. The van der Waals surface area contributed by atoms with Crippen LogP contribution in [-0.4, -0.2) is 34.9 Å². The molecule has 0 heterocycles. The summed E-state index contributed by atoms with van der Waals surface area (Å²) in [7, 11) is 0. The van der Waals surface area contributed by atoms with E-state index in [2.05, 4.69) is 26.1 Å². The average Bonchev–Trinajstić information content (AvgIpc) is 2.71. The van der Waals surface area contributed by atoms with E-state index in [0.717, 1.165) is 5.56 Å². The van der Waals surface area contributed by atoms with Crippen molar-refractivity contribution in [2.75, 3.05) is 6.61 Å². The zero-order valence-corrected chi connectivity index (χ0v) is 21.6. The maximum Gasteiger partial charge on any atom is 0.261 e. The van der Waals surface area contributed by atoms with Crippen molar-refractivity contribution in [1.82, 2.24) is 10.2 Å². The van der Waals surface area contributed by atoms with Gasteiger partial charge in [0.2, 0.25) is 5.91 Å². The quantitative estimate of drug-likeness (QED) is 0.533. The van der Waals surface area contributed by atoms with Gasteiger partial charge >= 0.3 is 0 Å². The Hall–Kier alpha value is -2.53. The van der Waals surface area contributed by atoms with E-state index >= 15 is 0 Å². The zero-order valence-electron chi connectivity index (χ0n) is 20.9. The molecule has 0 fully saturated rings. The lowest BCUT2D eigenvalue weighted by atomic mass is 9.87. The van der Waals surface area contributed by atoms with Crippen LogP contribution in [0.5, 0.6) is 5.75 Å². The van der Waals surface area contributed by atoms with Crippen LogP contribution in [0.4, 0.5) is 0 Å². The molecule has 0 spiro atoms. The monoisotopic (exact) mass is 472 g/mol. The predicted octanol–water partition coefficient (Wildman–Crippen LogP) is 5.74. The molecule has 2 aromatic rings. The fourth-order valence-electron chi connectivity index (χ4n) is 3.44. The highest BCUT2D eigenvalue weighted by Crippen LogP contribution is 2.24. The maximum atomic E-state index is 13.3. The number of rotatable bonds is 8. The summed E-state index contributed by atoms with van der Waals surface area (Å²) in [6.07, 6.45) is 0.488. The number of halogens is 1. The molecule has 0 radical (unpaired) electrons. The summed E-state index contributed by atoms with van der Waals surface area (Å²) < 4.78 is 5.80. The third-order valence-corrected chi connectivity index (χ3v) is 5.48. The minimum atomic E-state index is -0.612. The Morgan fingerprint density at radius 1 is 0.970 bits per heavy atom. The van der Waals surface area contributed by atoms with Crippen molar-refractivity contribution in [2.45, 2.75) is 78.4 Å². The van der Waals surface area contributed by atoms with Crippen molar-refractivity contribution in [1.29, 1.82) is 0 Å². The summed E-state index contributed by atoms with van der Waals surface area (Å²) in [4.78, 5) is 27.9. The molecule has 2 rings (SSSR count). The number of hydrogen-bond acceptors (Lipinski definition) is 3. The molecular weight excluding hydrogens is 436 g/mol. The standard InChI is InChI=1S/C27H37ClN2O3/c1-8-23(25(32)29-27(5,6)7)30(17-19-9-13-21(28)14-10-19)24(31)18-33-22-15-11-20(12-16-22)26(2,3)4/h9-16,23H,8,17-18H2,1-7H3,(H,29,32)/t23-/m1/s1. The molecule has 1 N–H and O–H groups in total. The number of nitrogens with zero attached hydrogens (tertiary/aromatic N) is 1. The Morgan fingerprint density at radius 3 is 2.03 bits per heavy atom. The number of hydrogen-bond donors (Lipinski definition) is 1. The van der Waals surface area contributed by atoms with Crippen LogP contribution in [0.3, 0.4) is 0 Å². The lowest BCUT2D eigenvalue weighted by molar-refractivity contribution is -0.143. The molecular formula is C27H37ClN2O3. The summed E-state index contributed by atoms with van der Waals surface area (Å²) >= 11 is 6.02. The second kappa shape index (κ2) is 11.1. The van der Waals surface area contributed by atoms with Crippen LogP contribution in [0.15, 0.2) is 48.5 Å².